The molecule has 1 aromatic rings. The molecule has 0 spiro atoms. The molecule has 0 bridgehead atoms. The molecule has 0 amide bonds. The molecule has 2 nitrogen and oxygen atoms in total. The summed E-state index contributed by atoms with van der Waals surface area (Å²) in [6, 6.07) is 0. The summed E-state index contributed by atoms with van der Waals surface area (Å²) in [6.45, 7) is -1.77. The molecular weight excluding hydrogens is 241 g/mol. The van der Waals surface area contributed by atoms with Crippen LogP contribution in [0.15, 0.2) is 4.79 Å². The van der Waals surface area contributed by atoms with Gasteiger partial charge in [-0.25, -0.2) is 0 Å². The fourth-order valence-corrected chi connectivity index (χ4v) is 1.85. The average molecular weight is 249 g/mol. The van der Waals surface area contributed by atoms with Crippen LogP contribution in [-0.2, 0) is 6.44 Å². The Kier molecular flexibility index (Phi) is 5.66. The van der Waals surface area contributed by atoms with Crippen molar-refractivity contribution in [3.8, 4) is 0 Å². The second kappa shape index (κ2) is 5.31. The molecule has 74 valence electrons. The molecule has 0 atom stereocenters. The summed E-state index contributed by atoms with van der Waals surface area (Å²) in [5.41, 5.74) is 0.411. The van der Waals surface area contributed by atoms with Crippen LogP contribution in [0.3, 0.4) is 0 Å². The molecule has 1 heterocycles. The standard InChI is InChI=1S/C6H8BF3NOS.K/c1-4-5(2)13-6(12)11(4)3-7(8,9)10;/h3H2,1-2H3;/q-1;+1. The molecule has 0 aliphatic heterocycles. The maximum atomic E-state index is 12.0. The van der Waals surface area contributed by atoms with E-state index in [0.717, 1.165) is 15.9 Å². The molecule has 0 fully saturated rings. The second-order valence-corrected chi connectivity index (χ2v) is 4.00. The number of aromatic nitrogens is 1. The van der Waals surface area contributed by atoms with E-state index >= 15 is 0 Å². The van der Waals surface area contributed by atoms with Crippen molar-refractivity contribution in [2.24, 2.45) is 0 Å². The van der Waals surface area contributed by atoms with Crippen LogP contribution < -0.4 is 56.3 Å². The van der Waals surface area contributed by atoms with Gasteiger partial charge in [0.2, 0.25) is 0 Å². The Bertz CT molecular complexity index is 372. The van der Waals surface area contributed by atoms with E-state index in [4.69, 9.17) is 0 Å². The van der Waals surface area contributed by atoms with E-state index in [1.807, 2.05) is 0 Å². The number of hydrogen-bond donors (Lipinski definition) is 0. The molecule has 0 radical (unpaired) electrons. The summed E-state index contributed by atoms with van der Waals surface area (Å²) in [5, 5.41) is 0. The Balaban J connectivity index is 0.00000169. The number of aryl methyl sites for hydroxylation is 1. The zero-order valence-electron chi connectivity index (χ0n) is 8.18. The van der Waals surface area contributed by atoms with E-state index < -0.39 is 18.3 Å². The zero-order valence-corrected chi connectivity index (χ0v) is 12.1. The molecule has 0 saturated heterocycles. The smallest absolute Gasteiger partial charge is 0.448 e. The van der Waals surface area contributed by atoms with Gasteiger partial charge in [0, 0.05) is 10.6 Å². The zero-order chi connectivity index (χ0) is 10.2. The van der Waals surface area contributed by atoms with Crippen molar-refractivity contribution in [3.05, 3.63) is 20.2 Å². The fraction of sp³-hybridized carbons (Fsp3) is 0.500. The van der Waals surface area contributed by atoms with Gasteiger partial charge < -0.3 is 17.5 Å². The van der Waals surface area contributed by atoms with E-state index in [9.17, 15) is 17.7 Å². The third-order valence-electron chi connectivity index (χ3n) is 1.76. The predicted octanol–water partition coefficient (Wildman–Crippen LogP) is -1.08. The maximum absolute atomic E-state index is 12.0. The van der Waals surface area contributed by atoms with Crippen LogP contribution in [0.4, 0.5) is 12.9 Å². The summed E-state index contributed by atoms with van der Waals surface area (Å²) < 4.78 is 36.8. The predicted molar refractivity (Wildman–Crippen MR) is 47.1 cm³/mol. The van der Waals surface area contributed by atoms with Crippen molar-refractivity contribution in [1.82, 2.24) is 4.57 Å². The molecule has 8 heteroatoms. The third kappa shape index (κ3) is 3.82. The van der Waals surface area contributed by atoms with Crippen LogP contribution in [0.1, 0.15) is 10.6 Å². The molecule has 14 heavy (non-hydrogen) atoms. The molecule has 0 aliphatic rings. The van der Waals surface area contributed by atoms with E-state index in [1.165, 1.54) is 6.92 Å². The topological polar surface area (TPSA) is 22.0 Å². The minimum atomic E-state index is -4.94. The molecule has 1 rings (SSSR count). The monoisotopic (exact) mass is 249 g/mol. The van der Waals surface area contributed by atoms with Gasteiger partial charge in [0.25, 0.3) is 0 Å². The van der Waals surface area contributed by atoms with Gasteiger partial charge in [-0.1, -0.05) is 11.3 Å². The second-order valence-electron chi connectivity index (χ2n) is 2.83. The molecule has 0 N–H and O–H groups in total. The summed E-state index contributed by atoms with van der Waals surface area (Å²) >= 11 is 0.854. The molecule has 0 saturated carbocycles. The Labute approximate surface area is 126 Å². The minimum Gasteiger partial charge on any atom is -0.448 e. The van der Waals surface area contributed by atoms with Crippen molar-refractivity contribution in [1.29, 1.82) is 0 Å². The number of halogens is 3. The summed E-state index contributed by atoms with van der Waals surface area (Å²) in [7, 11) is 0. The minimum absolute atomic E-state index is 0. The van der Waals surface area contributed by atoms with E-state index in [0.29, 0.717) is 10.6 Å². The van der Waals surface area contributed by atoms with Crippen LogP contribution in [0.5, 0.6) is 0 Å². The van der Waals surface area contributed by atoms with E-state index in [1.54, 1.807) is 6.92 Å². The van der Waals surface area contributed by atoms with Crippen LogP contribution in [0.25, 0.3) is 0 Å². The Morgan fingerprint density at radius 1 is 1.36 bits per heavy atom. The van der Waals surface area contributed by atoms with Gasteiger partial charge in [0.15, 0.2) is 0 Å². The Morgan fingerprint density at radius 2 is 1.86 bits per heavy atom. The number of nitrogens with zero attached hydrogens (tertiary/aromatic N) is 1. The number of thiazole rings is 1. The van der Waals surface area contributed by atoms with Gasteiger partial charge >= 0.3 is 63.2 Å². The van der Waals surface area contributed by atoms with Crippen molar-refractivity contribution in [2.75, 3.05) is 0 Å². The summed E-state index contributed by atoms with van der Waals surface area (Å²) in [4.78, 5) is 11.1. The first-order valence-corrected chi connectivity index (χ1v) is 4.51. The summed E-state index contributed by atoms with van der Waals surface area (Å²) in [6.07, 6.45) is -1.13. The van der Waals surface area contributed by atoms with Crippen molar-refractivity contribution in [2.45, 2.75) is 20.3 Å². The van der Waals surface area contributed by atoms with Gasteiger partial charge in [0.1, 0.15) is 0 Å². The van der Waals surface area contributed by atoms with Gasteiger partial charge in [-0.15, -0.1) is 0 Å². The first-order valence-electron chi connectivity index (χ1n) is 3.69. The van der Waals surface area contributed by atoms with Crippen molar-refractivity contribution < 1.29 is 64.3 Å². The largest absolute Gasteiger partial charge is 1.00 e. The fourth-order valence-electron chi connectivity index (χ4n) is 1.01. The first-order chi connectivity index (χ1) is 5.81. The molecule has 0 aliphatic carbocycles. The average Bonchev–Trinajstić information content (AvgIpc) is 2.14. The van der Waals surface area contributed by atoms with Crippen LogP contribution in [0.2, 0.25) is 0 Å². The van der Waals surface area contributed by atoms with Crippen molar-refractivity contribution in [3.63, 3.8) is 0 Å². The molecule has 0 aromatic carbocycles. The van der Waals surface area contributed by atoms with Crippen LogP contribution >= 0.6 is 11.3 Å². The number of hydrogen-bond acceptors (Lipinski definition) is 2. The van der Waals surface area contributed by atoms with Crippen LogP contribution in [-0.4, -0.2) is 11.5 Å². The number of rotatable bonds is 2. The Morgan fingerprint density at radius 3 is 2.14 bits per heavy atom. The molecule has 1 aromatic heterocycles. The van der Waals surface area contributed by atoms with Gasteiger partial charge in [0.05, 0.1) is 0 Å². The van der Waals surface area contributed by atoms with Gasteiger partial charge in [-0.3, -0.25) is 4.79 Å². The van der Waals surface area contributed by atoms with Gasteiger partial charge in [-0.2, -0.15) is 0 Å². The quantitative estimate of drug-likeness (QED) is 0.611. The normalized spacial score (nSPS) is 11.2. The third-order valence-corrected chi connectivity index (χ3v) is 2.76. The van der Waals surface area contributed by atoms with Crippen molar-refractivity contribution >= 4 is 18.3 Å². The first kappa shape index (κ1) is 14.9. The molecule has 0 unspecified atom stereocenters. The summed E-state index contributed by atoms with van der Waals surface area (Å²) in [5.74, 6) is 0. The van der Waals surface area contributed by atoms with Gasteiger partial charge in [-0.05, 0) is 20.3 Å². The maximum Gasteiger partial charge on any atom is 1.00 e. The SMILES string of the molecule is Cc1sc(=O)n(C[B-](F)(F)F)c1C.[K+]. The van der Waals surface area contributed by atoms with E-state index in [2.05, 4.69) is 0 Å². The Hall–Kier alpha value is 0.921. The van der Waals surface area contributed by atoms with Crippen LogP contribution in [0, 0.1) is 13.8 Å². The molecular formula is C6H8BF3KNOS. The van der Waals surface area contributed by atoms with E-state index in [-0.39, 0.29) is 51.4 Å².